The lowest BCUT2D eigenvalue weighted by Gasteiger charge is -2.06. The molecule has 5 heteroatoms. The largest absolute Gasteiger partial charge is 0.406 e. The van der Waals surface area contributed by atoms with Gasteiger partial charge in [-0.2, -0.15) is 0 Å². The van der Waals surface area contributed by atoms with Crippen molar-refractivity contribution in [3.63, 3.8) is 0 Å². The number of nitrogens with zero attached hydrogens (tertiary/aromatic N) is 2. The van der Waals surface area contributed by atoms with Crippen LogP contribution >= 0.6 is 0 Å². The van der Waals surface area contributed by atoms with Crippen molar-refractivity contribution in [1.82, 2.24) is 15.5 Å². The van der Waals surface area contributed by atoms with Crippen molar-refractivity contribution in [2.45, 2.75) is 26.8 Å². The van der Waals surface area contributed by atoms with Gasteiger partial charge in [0, 0.05) is 5.69 Å². The molecule has 0 radical (unpaired) electrons. The summed E-state index contributed by atoms with van der Waals surface area (Å²) in [5.41, 5.74) is 2.11. The third-order valence-corrected chi connectivity index (χ3v) is 2.71. The molecule has 0 saturated carbocycles. The van der Waals surface area contributed by atoms with Crippen molar-refractivity contribution in [2.24, 2.45) is 0 Å². The lowest BCUT2D eigenvalue weighted by Crippen LogP contribution is -2.17. The lowest BCUT2D eigenvalue weighted by atomic mass is 10.2. The number of anilines is 2. The van der Waals surface area contributed by atoms with Crippen LogP contribution in [0.2, 0.25) is 0 Å². The predicted molar refractivity (Wildman–Crippen MR) is 70.9 cm³/mol. The molecule has 0 aliphatic carbocycles. The molecule has 1 atom stereocenters. The van der Waals surface area contributed by atoms with Gasteiger partial charge >= 0.3 is 6.01 Å². The number of aromatic nitrogens is 2. The standard InChI is InChI=1S/C13H18N4O/c1-4-14-10(3)12-16-17-13(18-12)15-11-8-6-5-7-9(11)2/h5-8,10,14H,4H2,1-3H3,(H,15,17). The highest BCUT2D eigenvalue weighted by atomic mass is 16.4. The summed E-state index contributed by atoms with van der Waals surface area (Å²) in [6.45, 7) is 6.93. The van der Waals surface area contributed by atoms with Crippen LogP contribution in [0.15, 0.2) is 28.7 Å². The van der Waals surface area contributed by atoms with Gasteiger partial charge in [-0.05, 0) is 32.0 Å². The molecule has 1 aromatic heterocycles. The van der Waals surface area contributed by atoms with Crippen molar-refractivity contribution in [2.75, 3.05) is 11.9 Å². The first kappa shape index (κ1) is 12.6. The van der Waals surface area contributed by atoms with E-state index >= 15 is 0 Å². The molecular formula is C13H18N4O. The summed E-state index contributed by atoms with van der Waals surface area (Å²) in [5.74, 6) is 0.591. The van der Waals surface area contributed by atoms with Gasteiger partial charge in [0.2, 0.25) is 5.89 Å². The summed E-state index contributed by atoms with van der Waals surface area (Å²) in [6.07, 6.45) is 0. The van der Waals surface area contributed by atoms with Crippen molar-refractivity contribution in [3.05, 3.63) is 35.7 Å². The van der Waals surface area contributed by atoms with Crippen LogP contribution in [0.5, 0.6) is 0 Å². The number of rotatable bonds is 5. The summed E-state index contributed by atoms with van der Waals surface area (Å²) in [5, 5.41) is 14.4. The van der Waals surface area contributed by atoms with Crippen LogP contribution in [0.25, 0.3) is 0 Å². The van der Waals surface area contributed by atoms with E-state index in [0.717, 1.165) is 17.8 Å². The van der Waals surface area contributed by atoms with E-state index in [9.17, 15) is 0 Å². The molecule has 0 fully saturated rings. The van der Waals surface area contributed by atoms with Gasteiger partial charge < -0.3 is 15.1 Å². The molecule has 96 valence electrons. The minimum Gasteiger partial charge on any atom is -0.406 e. The normalized spacial score (nSPS) is 12.4. The van der Waals surface area contributed by atoms with Crippen LogP contribution in [0.1, 0.15) is 31.3 Å². The van der Waals surface area contributed by atoms with Gasteiger partial charge in [0.05, 0.1) is 6.04 Å². The topological polar surface area (TPSA) is 63.0 Å². The minimum atomic E-state index is 0.0647. The monoisotopic (exact) mass is 246 g/mol. The summed E-state index contributed by atoms with van der Waals surface area (Å²) in [4.78, 5) is 0. The number of hydrogen-bond acceptors (Lipinski definition) is 5. The van der Waals surface area contributed by atoms with Gasteiger partial charge in [0.15, 0.2) is 0 Å². The van der Waals surface area contributed by atoms with Gasteiger partial charge in [-0.3, -0.25) is 0 Å². The van der Waals surface area contributed by atoms with E-state index in [4.69, 9.17) is 4.42 Å². The lowest BCUT2D eigenvalue weighted by molar-refractivity contribution is 0.430. The molecule has 0 aliphatic heterocycles. The maximum Gasteiger partial charge on any atom is 0.320 e. The van der Waals surface area contributed by atoms with Gasteiger partial charge in [-0.15, -0.1) is 5.10 Å². The first-order valence-electron chi connectivity index (χ1n) is 6.10. The Morgan fingerprint density at radius 1 is 1.28 bits per heavy atom. The van der Waals surface area contributed by atoms with Crippen molar-refractivity contribution >= 4 is 11.7 Å². The fourth-order valence-electron chi connectivity index (χ4n) is 1.68. The second-order valence-corrected chi connectivity index (χ2v) is 4.16. The summed E-state index contributed by atoms with van der Waals surface area (Å²) >= 11 is 0. The number of hydrogen-bond donors (Lipinski definition) is 2. The number of nitrogens with one attached hydrogen (secondary N) is 2. The molecule has 0 saturated heterocycles. The summed E-state index contributed by atoms with van der Waals surface area (Å²) in [7, 11) is 0. The third-order valence-electron chi connectivity index (χ3n) is 2.71. The Morgan fingerprint density at radius 2 is 2.06 bits per heavy atom. The van der Waals surface area contributed by atoms with Crippen LogP contribution in [0.4, 0.5) is 11.7 Å². The first-order chi connectivity index (χ1) is 8.70. The average Bonchev–Trinajstić information content (AvgIpc) is 2.81. The van der Waals surface area contributed by atoms with Crippen molar-refractivity contribution < 1.29 is 4.42 Å². The fourth-order valence-corrected chi connectivity index (χ4v) is 1.68. The molecule has 0 aliphatic rings. The predicted octanol–water partition coefficient (Wildman–Crippen LogP) is 2.79. The Hall–Kier alpha value is -1.88. The van der Waals surface area contributed by atoms with E-state index in [1.54, 1.807) is 0 Å². The van der Waals surface area contributed by atoms with E-state index in [0.29, 0.717) is 11.9 Å². The van der Waals surface area contributed by atoms with E-state index < -0.39 is 0 Å². The molecule has 1 unspecified atom stereocenters. The van der Waals surface area contributed by atoms with Crippen LogP contribution in [0.3, 0.4) is 0 Å². The molecule has 0 bridgehead atoms. The van der Waals surface area contributed by atoms with E-state index in [1.807, 2.05) is 45.0 Å². The van der Waals surface area contributed by atoms with Gasteiger partial charge in [-0.25, -0.2) is 0 Å². The third kappa shape index (κ3) is 2.87. The van der Waals surface area contributed by atoms with Crippen LogP contribution in [-0.4, -0.2) is 16.7 Å². The van der Waals surface area contributed by atoms with Crippen LogP contribution in [-0.2, 0) is 0 Å². The molecule has 2 rings (SSSR count). The fraction of sp³-hybridized carbons (Fsp3) is 0.385. The molecule has 5 nitrogen and oxygen atoms in total. The van der Waals surface area contributed by atoms with E-state index in [-0.39, 0.29) is 6.04 Å². The second kappa shape index (κ2) is 5.64. The highest BCUT2D eigenvalue weighted by Gasteiger charge is 2.12. The maximum atomic E-state index is 5.56. The molecule has 2 aromatic rings. The van der Waals surface area contributed by atoms with E-state index in [1.165, 1.54) is 0 Å². The summed E-state index contributed by atoms with van der Waals surface area (Å²) < 4.78 is 5.56. The van der Waals surface area contributed by atoms with Gasteiger partial charge in [0.1, 0.15) is 0 Å². The SMILES string of the molecule is CCNC(C)c1nnc(Nc2ccccc2C)o1. The molecule has 18 heavy (non-hydrogen) atoms. The number of benzene rings is 1. The molecular weight excluding hydrogens is 228 g/mol. The smallest absolute Gasteiger partial charge is 0.320 e. The minimum absolute atomic E-state index is 0.0647. The highest BCUT2D eigenvalue weighted by Crippen LogP contribution is 2.20. The second-order valence-electron chi connectivity index (χ2n) is 4.16. The molecule has 0 spiro atoms. The molecule has 1 heterocycles. The van der Waals surface area contributed by atoms with Crippen LogP contribution < -0.4 is 10.6 Å². The Kier molecular flexibility index (Phi) is 3.94. The Morgan fingerprint density at radius 3 is 2.78 bits per heavy atom. The zero-order valence-corrected chi connectivity index (χ0v) is 10.9. The average molecular weight is 246 g/mol. The van der Waals surface area contributed by atoms with Crippen LogP contribution in [0, 0.1) is 6.92 Å². The quantitative estimate of drug-likeness (QED) is 0.849. The summed E-state index contributed by atoms with van der Waals surface area (Å²) in [6, 6.07) is 8.45. The zero-order valence-electron chi connectivity index (χ0n) is 10.9. The first-order valence-corrected chi connectivity index (χ1v) is 6.10. The van der Waals surface area contributed by atoms with Gasteiger partial charge in [0.25, 0.3) is 0 Å². The molecule has 2 N–H and O–H groups in total. The van der Waals surface area contributed by atoms with Crippen molar-refractivity contribution in [3.8, 4) is 0 Å². The van der Waals surface area contributed by atoms with E-state index in [2.05, 4.69) is 20.8 Å². The Labute approximate surface area is 107 Å². The molecule has 1 aromatic carbocycles. The number of para-hydroxylation sites is 1. The van der Waals surface area contributed by atoms with Gasteiger partial charge in [-0.1, -0.05) is 30.2 Å². The van der Waals surface area contributed by atoms with Crippen molar-refractivity contribution in [1.29, 1.82) is 0 Å². The Balaban J connectivity index is 2.09. The zero-order chi connectivity index (χ0) is 13.0. The maximum absolute atomic E-state index is 5.56. The number of aryl methyl sites for hydroxylation is 1. The molecule has 0 amide bonds. The highest BCUT2D eigenvalue weighted by molar-refractivity contribution is 5.56. The Bertz CT molecular complexity index is 509.